The molecule has 5 rings (SSSR count). The number of carbonyl (C=O) groups is 1. The number of imidazole rings is 1. The first-order chi connectivity index (χ1) is 19.2. The monoisotopic (exact) mass is 557 g/mol. The molecule has 11 nitrogen and oxygen atoms in total. The lowest BCUT2D eigenvalue weighted by atomic mass is 10.1. The lowest BCUT2D eigenvalue weighted by Gasteiger charge is -2.27. The highest BCUT2D eigenvalue weighted by atomic mass is 32.2. The number of rotatable bonds is 10. The Morgan fingerprint density at radius 1 is 1.12 bits per heavy atom. The summed E-state index contributed by atoms with van der Waals surface area (Å²) >= 11 is -2.69. The van der Waals surface area contributed by atoms with Gasteiger partial charge in [-0.2, -0.15) is 0 Å². The van der Waals surface area contributed by atoms with E-state index < -0.39 is 23.3 Å². The van der Waals surface area contributed by atoms with Gasteiger partial charge in [-0.3, -0.25) is 23.7 Å². The van der Waals surface area contributed by atoms with E-state index >= 15 is 0 Å². The molecule has 2 heterocycles. The van der Waals surface area contributed by atoms with Crippen molar-refractivity contribution in [1.82, 2.24) is 14.5 Å². The minimum absolute atomic E-state index is 0.0718. The Morgan fingerprint density at radius 3 is 2.58 bits per heavy atom. The highest BCUT2D eigenvalue weighted by molar-refractivity contribution is 7.81. The van der Waals surface area contributed by atoms with E-state index in [0.717, 1.165) is 9.69 Å². The Bertz CT molecular complexity index is 1750. The number of nitrogen functional groups attached to an aromatic ring is 1. The SMILES string of the molecule is N=C(N)c1ccc(C(O)c2nc3cc(N(c4cccc5cccnc45)S(=O)[O-])ccc3n2CCCC(=O)O)cc1. The fourth-order valence-electron chi connectivity index (χ4n) is 4.65. The van der Waals surface area contributed by atoms with Gasteiger partial charge in [0.2, 0.25) is 0 Å². The zero-order chi connectivity index (χ0) is 28.4. The highest BCUT2D eigenvalue weighted by Crippen LogP contribution is 2.35. The summed E-state index contributed by atoms with van der Waals surface area (Å²) in [7, 11) is 0. The molecule has 0 aliphatic heterocycles. The van der Waals surface area contributed by atoms with Crippen LogP contribution in [0.25, 0.3) is 21.9 Å². The smallest absolute Gasteiger partial charge is 0.303 e. The third kappa shape index (κ3) is 5.27. The van der Waals surface area contributed by atoms with Gasteiger partial charge < -0.3 is 25.1 Å². The number of hydrogen-bond acceptors (Lipinski definition) is 7. The molecule has 2 aromatic heterocycles. The molecule has 0 aliphatic carbocycles. The average Bonchev–Trinajstić information content (AvgIpc) is 3.30. The lowest BCUT2D eigenvalue weighted by molar-refractivity contribution is -0.137. The summed E-state index contributed by atoms with van der Waals surface area (Å²) in [6, 6.07) is 20.3. The molecule has 0 bridgehead atoms. The van der Waals surface area contributed by atoms with Crippen molar-refractivity contribution in [3.05, 3.63) is 95.9 Å². The first kappa shape index (κ1) is 26.9. The molecule has 12 heteroatoms. The first-order valence-corrected chi connectivity index (χ1v) is 13.4. The van der Waals surface area contributed by atoms with Crippen LogP contribution in [-0.4, -0.2) is 45.3 Å². The number of aromatic nitrogens is 3. The van der Waals surface area contributed by atoms with Crippen LogP contribution in [0, 0.1) is 5.41 Å². The molecule has 2 unspecified atom stereocenters. The van der Waals surface area contributed by atoms with Gasteiger partial charge in [-0.1, -0.05) is 42.5 Å². The van der Waals surface area contributed by atoms with Crippen molar-refractivity contribution in [1.29, 1.82) is 5.41 Å². The molecule has 40 heavy (non-hydrogen) atoms. The molecule has 0 spiro atoms. The zero-order valence-corrected chi connectivity index (χ0v) is 21.9. The van der Waals surface area contributed by atoms with Gasteiger partial charge in [-0.25, -0.2) is 4.98 Å². The van der Waals surface area contributed by atoms with Crippen molar-refractivity contribution in [2.45, 2.75) is 25.5 Å². The molecule has 204 valence electrons. The fraction of sp³-hybridized carbons (Fsp3) is 0.143. The zero-order valence-electron chi connectivity index (χ0n) is 21.1. The molecular weight excluding hydrogens is 532 g/mol. The molecule has 0 aliphatic rings. The number of aliphatic hydroxyl groups is 1. The van der Waals surface area contributed by atoms with Gasteiger partial charge in [0.25, 0.3) is 0 Å². The van der Waals surface area contributed by atoms with Crippen LogP contribution in [-0.2, 0) is 22.6 Å². The largest absolute Gasteiger partial charge is 0.755 e. The van der Waals surface area contributed by atoms with Crippen molar-refractivity contribution >= 4 is 56.4 Å². The third-order valence-corrected chi connectivity index (χ3v) is 7.24. The minimum atomic E-state index is -2.69. The van der Waals surface area contributed by atoms with E-state index in [4.69, 9.17) is 16.2 Å². The van der Waals surface area contributed by atoms with Gasteiger partial charge in [0, 0.05) is 30.1 Å². The second-order valence-corrected chi connectivity index (χ2v) is 9.89. The number of aryl methyl sites for hydroxylation is 1. The fourth-order valence-corrected chi connectivity index (χ4v) is 5.24. The number of nitrogens with two attached hydrogens (primary N) is 1. The summed E-state index contributed by atoms with van der Waals surface area (Å²) < 4.78 is 27.8. The Morgan fingerprint density at radius 2 is 1.88 bits per heavy atom. The number of anilines is 2. The van der Waals surface area contributed by atoms with Crippen LogP contribution in [0.1, 0.15) is 35.9 Å². The number of pyridine rings is 1. The van der Waals surface area contributed by atoms with Gasteiger partial charge in [-0.15, -0.1) is 0 Å². The molecule has 0 amide bonds. The molecule has 0 saturated heterocycles. The summed E-state index contributed by atoms with van der Waals surface area (Å²) in [6.45, 7) is 0.268. The van der Waals surface area contributed by atoms with Crippen molar-refractivity contribution < 1.29 is 23.8 Å². The van der Waals surface area contributed by atoms with Gasteiger partial charge in [-0.05, 0) is 42.3 Å². The molecule has 0 fully saturated rings. The molecule has 5 aromatic rings. The summed E-state index contributed by atoms with van der Waals surface area (Å²) in [4.78, 5) is 20.2. The molecular formula is C28H25N6O5S-. The topological polar surface area (TPSA) is 181 Å². The van der Waals surface area contributed by atoms with Gasteiger partial charge >= 0.3 is 5.97 Å². The number of nitrogens with zero attached hydrogens (tertiary/aromatic N) is 4. The minimum Gasteiger partial charge on any atom is -0.755 e. The number of amidine groups is 1. The van der Waals surface area contributed by atoms with Gasteiger partial charge in [0.15, 0.2) is 0 Å². The van der Waals surface area contributed by atoms with Crippen LogP contribution in [0.4, 0.5) is 11.4 Å². The number of para-hydroxylation sites is 1. The highest BCUT2D eigenvalue weighted by Gasteiger charge is 2.22. The number of aliphatic carboxylic acids is 1. The van der Waals surface area contributed by atoms with Crippen molar-refractivity contribution in [2.24, 2.45) is 5.73 Å². The Balaban J connectivity index is 1.60. The summed E-state index contributed by atoms with van der Waals surface area (Å²) in [5.41, 5.74) is 8.79. The van der Waals surface area contributed by atoms with E-state index in [1.54, 1.807) is 71.4 Å². The van der Waals surface area contributed by atoms with E-state index in [-0.39, 0.29) is 24.6 Å². The van der Waals surface area contributed by atoms with Gasteiger partial charge in [0.05, 0.1) is 39.2 Å². The number of nitrogens with one attached hydrogen (secondary N) is 1. The number of benzene rings is 3. The van der Waals surface area contributed by atoms with E-state index in [1.165, 1.54) is 0 Å². The number of carboxylic acid groups (broad SMARTS) is 1. The van der Waals surface area contributed by atoms with Crippen molar-refractivity contribution in [3.63, 3.8) is 0 Å². The number of fused-ring (bicyclic) bond motifs is 2. The number of hydrogen-bond donors (Lipinski definition) is 4. The summed E-state index contributed by atoms with van der Waals surface area (Å²) in [5.74, 6) is -0.767. The van der Waals surface area contributed by atoms with Crippen molar-refractivity contribution in [2.75, 3.05) is 4.31 Å². The second-order valence-electron chi connectivity index (χ2n) is 9.09. The maximum atomic E-state index is 12.5. The van der Waals surface area contributed by atoms with Crippen LogP contribution in [0.2, 0.25) is 0 Å². The van der Waals surface area contributed by atoms with Crippen molar-refractivity contribution in [3.8, 4) is 0 Å². The third-order valence-electron chi connectivity index (χ3n) is 6.53. The molecule has 0 radical (unpaired) electrons. The normalized spacial score (nSPS) is 12.8. The predicted octanol–water partition coefficient (Wildman–Crippen LogP) is 3.75. The van der Waals surface area contributed by atoms with E-state index in [0.29, 0.717) is 45.5 Å². The lowest BCUT2D eigenvalue weighted by Crippen LogP contribution is -2.20. The van der Waals surface area contributed by atoms with Crippen LogP contribution in [0.3, 0.4) is 0 Å². The summed E-state index contributed by atoms with van der Waals surface area (Å²) in [6.07, 6.45) is 0.645. The second kappa shape index (κ2) is 11.2. The van der Waals surface area contributed by atoms with Crippen LogP contribution >= 0.6 is 0 Å². The van der Waals surface area contributed by atoms with E-state index in [2.05, 4.69) is 9.97 Å². The van der Waals surface area contributed by atoms with Gasteiger partial charge in [0.1, 0.15) is 17.8 Å². The molecule has 5 N–H and O–H groups in total. The Labute approximate surface area is 231 Å². The quantitative estimate of drug-likeness (QED) is 0.114. The Hall–Kier alpha value is -4.65. The average molecular weight is 558 g/mol. The Kier molecular flexibility index (Phi) is 7.56. The van der Waals surface area contributed by atoms with E-state index in [9.17, 15) is 18.7 Å². The first-order valence-electron chi connectivity index (χ1n) is 12.3. The maximum Gasteiger partial charge on any atom is 0.303 e. The van der Waals surface area contributed by atoms with Crippen LogP contribution in [0.15, 0.2) is 79.0 Å². The van der Waals surface area contributed by atoms with Crippen LogP contribution < -0.4 is 10.0 Å². The van der Waals surface area contributed by atoms with Crippen LogP contribution in [0.5, 0.6) is 0 Å². The standard InChI is InChI=1S/C28H26N6O5S/c29-27(30)19-10-8-18(9-11-19)26(37)28-32-21-16-20(12-13-22(21)33(28)15-3-7-24(35)36)34(40(38)39)23-6-1-4-17-5-2-14-31-25(17)23/h1-2,4-6,8-14,16,26,37H,3,7,15H2,(H3,29,30)(H,35,36)(H,38,39)/p-1. The van der Waals surface area contributed by atoms with E-state index in [1.807, 2.05) is 12.1 Å². The number of aliphatic hydroxyl groups excluding tert-OH is 1. The molecule has 3 aromatic carbocycles. The summed E-state index contributed by atoms with van der Waals surface area (Å²) in [5, 5.41) is 28.8. The molecule has 2 atom stereocenters. The predicted molar refractivity (Wildman–Crippen MR) is 151 cm³/mol. The maximum absolute atomic E-state index is 12.5. The number of carboxylic acids is 1. The molecule has 0 saturated carbocycles.